The summed E-state index contributed by atoms with van der Waals surface area (Å²) in [5, 5.41) is -1.27. The van der Waals surface area contributed by atoms with E-state index < -0.39 is 45.7 Å². The predicted molar refractivity (Wildman–Crippen MR) is 52.7 cm³/mol. The van der Waals surface area contributed by atoms with Gasteiger partial charge in [-0.05, 0) is 6.85 Å². The van der Waals surface area contributed by atoms with Crippen LogP contribution < -0.4 is 11.2 Å². The fraction of sp³-hybridized carbons (Fsp3) is 0.125. The van der Waals surface area contributed by atoms with Crippen LogP contribution in [0.25, 0.3) is 10.9 Å². The average molecular weight is 233 g/mol. The van der Waals surface area contributed by atoms with Crippen molar-refractivity contribution < 1.29 is 8.50 Å². The van der Waals surface area contributed by atoms with Crippen molar-refractivity contribution in [2.45, 2.75) is 6.85 Å². The van der Waals surface area contributed by atoms with E-state index >= 15 is 0 Å². The molecule has 0 bridgehead atoms. The number of hydrogen-bond acceptors (Lipinski definition) is 3. The maximum absolute atomic E-state index is 13.6. The molecule has 0 aliphatic carbocycles. The van der Waals surface area contributed by atoms with Crippen LogP contribution in [0, 0.1) is 12.7 Å². The van der Waals surface area contributed by atoms with Crippen LogP contribution in [0.2, 0.25) is 5.15 Å². The number of aryl methyl sites for hydroxylation is 1. The first-order valence-corrected chi connectivity index (χ1v) is 4.11. The van der Waals surface area contributed by atoms with Crippen molar-refractivity contribution in [1.82, 2.24) is 15.0 Å². The fourth-order valence-electron chi connectivity index (χ4n) is 1.18. The van der Waals surface area contributed by atoms with Crippen molar-refractivity contribution in [3.8, 4) is 0 Å². The first-order valence-electron chi connectivity index (χ1n) is 5.23. The third-order valence-electron chi connectivity index (χ3n) is 1.79. The molecular weight excluding hydrogens is 225 g/mol. The van der Waals surface area contributed by atoms with Crippen molar-refractivity contribution >= 4 is 22.5 Å². The average Bonchev–Trinajstić information content (AvgIpc) is 2.21. The number of nitrogens with one attached hydrogen (secondary N) is 2. The largest absolute Gasteiger partial charge is 0.326 e. The quantitative estimate of drug-likeness (QED) is 0.657. The highest BCUT2D eigenvalue weighted by molar-refractivity contribution is 6.30. The Morgan fingerprint density at radius 3 is 2.87 bits per heavy atom. The maximum atomic E-state index is 13.6. The fourth-order valence-corrected chi connectivity index (χ4v) is 1.36. The molecule has 5 nitrogen and oxygen atoms in total. The highest BCUT2D eigenvalue weighted by Gasteiger charge is 2.13. The summed E-state index contributed by atoms with van der Waals surface area (Å²) < 4.78 is 35.3. The first kappa shape index (κ1) is 6.73. The molecular formula is C8H5ClFN3O2. The lowest BCUT2D eigenvalue weighted by molar-refractivity contribution is 0.629. The Hall–Kier alpha value is -1.69. The van der Waals surface area contributed by atoms with E-state index in [-0.39, 0.29) is 0 Å². The van der Waals surface area contributed by atoms with Crippen molar-refractivity contribution in [2.24, 2.45) is 0 Å². The monoisotopic (exact) mass is 232 g/mol. The molecule has 78 valence electrons. The van der Waals surface area contributed by atoms with E-state index in [2.05, 4.69) is 4.98 Å². The Kier molecular flexibility index (Phi) is 1.42. The van der Waals surface area contributed by atoms with E-state index in [1.807, 2.05) is 4.98 Å². The van der Waals surface area contributed by atoms with Gasteiger partial charge in [0.2, 0.25) is 0 Å². The summed E-state index contributed by atoms with van der Waals surface area (Å²) in [5.74, 6) is -1.15. The molecule has 0 aliphatic rings. The van der Waals surface area contributed by atoms with Gasteiger partial charge in [0.05, 0.1) is 16.6 Å². The molecule has 2 heterocycles. The maximum Gasteiger partial charge on any atom is 0.326 e. The Bertz CT molecular complexity index is 752. The van der Waals surface area contributed by atoms with Crippen LogP contribution in [-0.2, 0) is 0 Å². The van der Waals surface area contributed by atoms with Crippen molar-refractivity contribution in [3.63, 3.8) is 0 Å². The van der Waals surface area contributed by atoms with E-state index in [4.69, 9.17) is 15.7 Å². The molecule has 2 rings (SSSR count). The summed E-state index contributed by atoms with van der Waals surface area (Å²) in [5.41, 5.74) is -3.25. The van der Waals surface area contributed by atoms with Gasteiger partial charge in [0.1, 0.15) is 0 Å². The van der Waals surface area contributed by atoms with E-state index in [1.165, 1.54) is 0 Å². The number of rotatable bonds is 0. The van der Waals surface area contributed by atoms with Crippen LogP contribution in [-0.4, -0.2) is 15.0 Å². The van der Waals surface area contributed by atoms with Gasteiger partial charge in [-0.25, -0.2) is 14.2 Å². The number of halogens is 2. The molecule has 0 atom stereocenters. The summed E-state index contributed by atoms with van der Waals surface area (Å²) >= 11 is 5.43. The standard InChI is InChI=1S/C8H5ClFN3O2/c1-2-3-5(4(10)6(9)11-2)12-8(15)13-7(3)14/h1H3,(H2,12,13,14,15)/i1D3. The van der Waals surface area contributed by atoms with Crippen molar-refractivity contribution in [2.75, 3.05) is 0 Å². The Morgan fingerprint density at radius 2 is 2.20 bits per heavy atom. The lowest BCUT2D eigenvalue weighted by atomic mass is 10.2. The Balaban J connectivity index is 3.12. The van der Waals surface area contributed by atoms with Gasteiger partial charge in [0, 0.05) is 4.11 Å². The van der Waals surface area contributed by atoms with Gasteiger partial charge in [-0.2, -0.15) is 0 Å². The second kappa shape index (κ2) is 3.16. The molecule has 0 aliphatic heterocycles. The van der Waals surface area contributed by atoms with E-state index in [1.54, 1.807) is 4.98 Å². The lowest BCUT2D eigenvalue weighted by Gasteiger charge is -2.02. The molecule has 0 unspecified atom stereocenters. The zero-order chi connectivity index (χ0) is 13.7. The first-order chi connectivity index (χ1) is 8.21. The minimum absolute atomic E-state index is 0.545. The molecule has 0 fully saturated rings. The molecule has 0 saturated carbocycles. The van der Waals surface area contributed by atoms with Gasteiger partial charge >= 0.3 is 5.69 Å². The molecule has 0 spiro atoms. The van der Waals surface area contributed by atoms with Crippen LogP contribution in [0.3, 0.4) is 0 Å². The number of pyridine rings is 1. The minimum Gasteiger partial charge on any atom is -0.304 e. The number of aromatic nitrogens is 3. The molecule has 2 aromatic heterocycles. The van der Waals surface area contributed by atoms with Crippen molar-refractivity contribution in [3.05, 3.63) is 37.5 Å². The number of hydrogen-bond donors (Lipinski definition) is 2. The molecule has 0 saturated heterocycles. The molecule has 2 aromatic rings. The zero-order valence-corrected chi connectivity index (χ0v) is 7.78. The molecule has 0 amide bonds. The molecule has 15 heavy (non-hydrogen) atoms. The van der Waals surface area contributed by atoms with Crippen LogP contribution >= 0.6 is 11.6 Å². The summed E-state index contributed by atoms with van der Waals surface area (Å²) in [6.07, 6.45) is 0. The SMILES string of the molecule is [2H]C([2H])([2H])c1nc(Cl)c(F)c2[nH]c(=O)[nH]c(=O)c12. The highest BCUT2D eigenvalue weighted by atomic mass is 35.5. The smallest absolute Gasteiger partial charge is 0.304 e. The molecule has 0 radical (unpaired) electrons. The van der Waals surface area contributed by atoms with Crippen LogP contribution in [0.4, 0.5) is 4.39 Å². The second-order valence-corrected chi connectivity index (χ2v) is 3.08. The normalized spacial score (nSPS) is 14.7. The van der Waals surface area contributed by atoms with Crippen LogP contribution in [0.1, 0.15) is 9.81 Å². The number of H-pyrrole nitrogens is 2. The molecule has 2 N–H and O–H groups in total. The third kappa shape index (κ3) is 1.42. The zero-order valence-electron chi connectivity index (χ0n) is 10.0. The van der Waals surface area contributed by atoms with E-state index in [0.717, 1.165) is 0 Å². The van der Waals surface area contributed by atoms with Gasteiger partial charge < -0.3 is 4.98 Å². The van der Waals surface area contributed by atoms with Crippen LogP contribution in [0.15, 0.2) is 9.59 Å². The summed E-state index contributed by atoms with van der Waals surface area (Å²) in [6, 6.07) is 0. The molecule has 7 heteroatoms. The lowest BCUT2D eigenvalue weighted by Crippen LogP contribution is -2.23. The third-order valence-corrected chi connectivity index (χ3v) is 2.04. The second-order valence-electron chi connectivity index (χ2n) is 2.72. The van der Waals surface area contributed by atoms with Gasteiger partial charge in [0.25, 0.3) is 5.56 Å². The minimum atomic E-state index is -2.76. The van der Waals surface area contributed by atoms with Crippen molar-refractivity contribution in [1.29, 1.82) is 0 Å². The number of fused-ring (bicyclic) bond motifs is 1. The Morgan fingerprint density at radius 1 is 1.47 bits per heavy atom. The molecule has 0 aromatic carbocycles. The van der Waals surface area contributed by atoms with E-state index in [0.29, 0.717) is 0 Å². The number of nitrogens with zero attached hydrogens (tertiary/aromatic N) is 1. The summed E-state index contributed by atoms with van der Waals surface area (Å²) in [7, 11) is 0. The highest BCUT2D eigenvalue weighted by Crippen LogP contribution is 2.19. The van der Waals surface area contributed by atoms with Gasteiger partial charge in [-0.15, -0.1) is 0 Å². The predicted octanol–water partition coefficient (Wildman–Crippen LogP) is 0.712. The Labute approximate surface area is 91.1 Å². The number of aromatic amines is 2. The van der Waals surface area contributed by atoms with Gasteiger partial charge in [-0.1, -0.05) is 11.6 Å². The summed E-state index contributed by atoms with van der Waals surface area (Å²) in [6.45, 7) is -2.76. The van der Waals surface area contributed by atoms with Crippen LogP contribution in [0.5, 0.6) is 0 Å². The topological polar surface area (TPSA) is 78.6 Å². The van der Waals surface area contributed by atoms with Gasteiger partial charge in [-0.3, -0.25) is 9.78 Å². The summed E-state index contributed by atoms with van der Waals surface area (Å²) in [4.78, 5) is 29.7. The van der Waals surface area contributed by atoms with Gasteiger partial charge in [0.15, 0.2) is 11.0 Å². The van der Waals surface area contributed by atoms with E-state index in [9.17, 15) is 14.0 Å².